The second kappa shape index (κ2) is 5.51. The third-order valence-electron chi connectivity index (χ3n) is 2.88. The lowest BCUT2D eigenvalue weighted by Gasteiger charge is -2.24. The summed E-state index contributed by atoms with van der Waals surface area (Å²) in [4.78, 5) is 13.2. The molecule has 0 bridgehead atoms. The maximum Gasteiger partial charge on any atom is 0.254 e. The lowest BCUT2D eigenvalue weighted by Crippen LogP contribution is -2.35. The van der Waals surface area contributed by atoms with Crippen LogP contribution in [0, 0.1) is 0 Å². The molecule has 108 valence electrons. The molecule has 2 rings (SSSR count). The number of rotatable bonds is 2. The fourth-order valence-electron chi connectivity index (χ4n) is 1.92. The van der Waals surface area contributed by atoms with Gasteiger partial charge in [0.1, 0.15) is 10.7 Å². The van der Waals surface area contributed by atoms with Crippen molar-refractivity contribution < 1.29 is 17.6 Å². The van der Waals surface area contributed by atoms with Crippen LogP contribution < -0.4 is 5.14 Å². The molecule has 0 spiro atoms. The molecule has 0 aliphatic carbocycles. The van der Waals surface area contributed by atoms with Crippen LogP contribution in [0.1, 0.15) is 16.8 Å². The van der Waals surface area contributed by atoms with Crippen LogP contribution >= 0.6 is 11.6 Å². The van der Waals surface area contributed by atoms with Crippen molar-refractivity contribution in [2.75, 3.05) is 13.1 Å². The molecule has 0 saturated heterocycles. The predicted octanol–water partition coefficient (Wildman–Crippen LogP) is 1.69. The maximum absolute atomic E-state index is 13.2. The van der Waals surface area contributed by atoms with E-state index in [0.29, 0.717) is 13.0 Å². The van der Waals surface area contributed by atoms with Gasteiger partial charge in [-0.25, -0.2) is 17.9 Å². The van der Waals surface area contributed by atoms with Gasteiger partial charge < -0.3 is 4.90 Å². The number of sulfonamides is 1. The molecule has 20 heavy (non-hydrogen) atoms. The van der Waals surface area contributed by atoms with Crippen molar-refractivity contribution in [3.63, 3.8) is 0 Å². The Hall–Kier alpha value is -1.44. The molecule has 0 saturated carbocycles. The molecule has 1 aliphatic rings. The smallest absolute Gasteiger partial charge is 0.254 e. The summed E-state index contributed by atoms with van der Waals surface area (Å²) < 4.78 is 35.6. The number of nitrogens with zero attached hydrogens (tertiary/aromatic N) is 1. The number of carbonyl (C=O) groups excluding carboxylic acids is 1. The molecule has 0 fully saturated rings. The van der Waals surface area contributed by atoms with Crippen molar-refractivity contribution in [3.05, 3.63) is 40.7 Å². The van der Waals surface area contributed by atoms with Crippen LogP contribution in [0.2, 0.25) is 5.02 Å². The summed E-state index contributed by atoms with van der Waals surface area (Å²) >= 11 is 5.81. The fourth-order valence-corrected chi connectivity index (χ4v) is 3.02. The zero-order valence-electron chi connectivity index (χ0n) is 10.3. The van der Waals surface area contributed by atoms with Crippen LogP contribution in [0.25, 0.3) is 0 Å². The Morgan fingerprint density at radius 3 is 2.65 bits per heavy atom. The Bertz CT molecular complexity index is 688. The average Bonchev–Trinajstić information content (AvgIpc) is 2.36. The Labute approximate surface area is 120 Å². The van der Waals surface area contributed by atoms with Crippen LogP contribution in [-0.4, -0.2) is 32.3 Å². The highest BCUT2D eigenvalue weighted by Crippen LogP contribution is 2.23. The van der Waals surface area contributed by atoms with E-state index < -0.39 is 15.9 Å². The Morgan fingerprint density at radius 1 is 1.40 bits per heavy atom. The second-order valence-corrected chi connectivity index (χ2v) is 6.29. The summed E-state index contributed by atoms with van der Waals surface area (Å²) in [7, 11) is -3.94. The first-order valence-electron chi connectivity index (χ1n) is 5.75. The van der Waals surface area contributed by atoms with Gasteiger partial charge in [-0.2, -0.15) is 0 Å². The van der Waals surface area contributed by atoms with Crippen molar-refractivity contribution >= 4 is 27.5 Å². The Balaban J connectivity index is 2.28. The zero-order chi connectivity index (χ0) is 14.9. The molecule has 0 unspecified atom stereocenters. The highest BCUT2D eigenvalue weighted by molar-refractivity contribution is 7.89. The average molecular weight is 319 g/mol. The van der Waals surface area contributed by atoms with E-state index in [0.717, 1.165) is 0 Å². The summed E-state index contributed by atoms with van der Waals surface area (Å²) in [5.41, 5.74) is 0.192. The van der Waals surface area contributed by atoms with E-state index in [1.54, 1.807) is 0 Å². The molecule has 1 aromatic carbocycles. The minimum atomic E-state index is -3.94. The first kappa shape index (κ1) is 15.0. The monoisotopic (exact) mass is 318 g/mol. The molecule has 0 aromatic heterocycles. The van der Waals surface area contributed by atoms with Gasteiger partial charge in [0.15, 0.2) is 0 Å². The number of primary sulfonamides is 1. The van der Waals surface area contributed by atoms with E-state index in [9.17, 15) is 17.6 Å². The summed E-state index contributed by atoms with van der Waals surface area (Å²) in [6, 6.07) is 3.70. The van der Waals surface area contributed by atoms with Crippen LogP contribution in [0.3, 0.4) is 0 Å². The molecular weight excluding hydrogens is 307 g/mol. The van der Waals surface area contributed by atoms with E-state index >= 15 is 0 Å². The number of carbonyl (C=O) groups is 1. The van der Waals surface area contributed by atoms with Gasteiger partial charge in [0.2, 0.25) is 10.0 Å². The highest BCUT2D eigenvalue weighted by Gasteiger charge is 2.21. The molecular formula is C12H12ClFN2O3S. The first-order chi connectivity index (χ1) is 9.29. The predicted molar refractivity (Wildman–Crippen MR) is 72.5 cm³/mol. The van der Waals surface area contributed by atoms with Crippen molar-refractivity contribution in [1.82, 2.24) is 4.90 Å². The van der Waals surface area contributed by atoms with E-state index in [1.165, 1.54) is 29.2 Å². The van der Waals surface area contributed by atoms with E-state index in [4.69, 9.17) is 16.7 Å². The van der Waals surface area contributed by atoms with Gasteiger partial charge in [-0.1, -0.05) is 11.6 Å². The van der Waals surface area contributed by atoms with Gasteiger partial charge in [-0.15, -0.1) is 0 Å². The molecule has 2 N–H and O–H groups in total. The number of halogens is 2. The van der Waals surface area contributed by atoms with Gasteiger partial charge in [0, 0.05) is 12.1 Å². The van der Waals surface area contributed by atoms with Crippen molar-refractivity contribution in [2.45, 2.75) is 11.3 Å². The summed E-state index contributed by atoms with van der Waals surface area (Å²) in [5, 5.41) is 4.85. The maximum atomic E-state index is 13.2. The summed E-state index contributed by atoms with van der Waals surface area (Å²) in [6.07, 6.45) is 1.88. The molecule has 5 nitrogen and oxygen atoms in total. The van der Waals surface area contributed by atoms with E-state index in [-0.39, 0.29) is 27.9 Å². The number of benzene rings is 1. The van der Waals surface area contributed by atoms with Gasteiger partial charge in [-0.05, 0) is 30.7 Å². The van der Waals surface area contributed by atoms with Crippen molar-refractivity contribution in [2.24, 2.45) is 5.14 Å². The van der Waals surface area contributed by atoms with E-state index in [2.05, 4.69) is 0 Å². The minimum absolute atomic E-state index is 0.0899. The third kappa shape index (κ3) is 3.17. The van der Waals surface area contributed by atoms with Crippen LogP contribution in [0.4, 0.5) is 4.39 Å². The lowest BCUT2D eigenvalue weighted by molar-refractivity contribution is 0.0755. The zero-order valence-corrected chi connectivity index (χ0v) is 11.9. The Kier molecular flexibility index (Phi) is 4.12. The van der Waals surface area contributed by atoms with Crippen molar-refractivity contribution in [1.29, 1.82) is 0 Å². The highest BCUT2D eigenvalue weighted by atomic mass is 35.5. The topological polar surface area (TPSA) is 80.5 Å². The molecule has 0 radical (unpaired) electrons. The fraction of sp³-hybridized carbons (Fsp3) is 0.250. The van der Waals surface area contributed by atoms with Gasteiger partial charge in [-0.3, -0.25) is 4.79 Å². The summed E-state index contributed by atoms with van der Waals surface area (Å²) in [5.74, 6) is -0.770. The van der Waals surface area contributed by atoms with Gasteiger partial charge in [0.05, 0.1) is 11.6 Å². The van der Waals surface area contributed by atoms with Gasteiger partial charge >= 0.3 is 0 Å². The molecule has 1 aromatic rings. The number of amides is 1. The SMILES string of the molecule is NS(=O)(=O)c1ccc(C(=O)N2CCC=C(F)C2)cc1Cl. The molecule has 1 heterocycles. The Morgan fingerprint density at radius 2 is 2.10 bits per heavy atom. The van der Waals surface area contributed by atoms with Crippen molar-refractivity contribution in [3.8, 4) is 0 Å². The molecule has 0 atom stereocenters. The molecule has 1 aliphatic heterocycles. The third-order valence-corrected chi connectivity index (χ3v) is 4.27. The number of hydrogen-bond donors (Lipinski definition) is 1. The van der Waals surface area contributed by atoms with Crippen LogP contribution in [0.15, 0.2) is 35.0 Å². The van der Waals surface area contributed by atoms with Gasteiger partial charge in [0.25, 0.3) is 5.91 Å². The molecule has 1 amide bonds. The second-order valence-electron chi connectivity index (χ2n) is 4.36. The number of hydrogen-bond acceptors (Lipinski definition) is 3. The largest absolute Gasteiger partial charge is 0.332 e. The summed E-state index contributed by atoms with van der Waals surface area (Å²) in [6.45, 7) is 0.314. The standard InChI is InChI=1S/C12H12ClFN2O3S/c13-10-6-8(3-4-11(10)20(15,18)19)12(17)16-5-1-2-9(14)7-16/h2-4,6H,1,5,7H2,(H2,15,18,19). The van der Waals surface area contributed by atoms with Crippen LogP contribution in [0.5, 0.6) is 0 Å². The van der Waals surface area contributed by atoms with E-state index in [1.807, 2.05) is 0 Å². The quantitative estimate of drug-likeness (QED) is 0.901. The normalized spacial score (nSPS) is 15.9. The number of nitrogens with two attached hydrogens (primary N) is 1. The van der Waals surface area contributed by atoms with Crippen LogP contribution in [-0.2, 0) is 10.0 Å². The minimum Gasteiger partial charge on any atom is -0.332 e. The first-order valence-corrected chi connectivity index (χ1v) is 7.67. The lowest BCUT2D eigenvalue weighted by atomic mass is 10.1. The molecule has 8 heteroatoms.